The second-order valence-corrected chi connectivity index (χ2v) is 4.62. The number of carbonyl (C=O) groups is 1. The molecular formula is C15H19ClN2O2. The fourth-order valence-corrected chi connectivity index (χ4v) is 2.01. The predicted molar refractivity (Wildman–Crippen MR) is 80.7 cm³/mol. The maximum absolute atomic E-state index is 12.3. The van der Waals surface area contributed by atoms with Crippen molar-refractivity contribution in [1.29, 1.82) is 0 Å². The normalized spacial score (nSPS) is 9.80. The lowest BCUT2D eigenvalue weighted by molar-refractivity contribution is 0.0722. The molecule has 0 fully saturated rings. The summed E-state index contributed by atoms with van der Waals surface area (Å²) in [7, 11) is 0. The highest BCUT2D eigenvalue weighted by Crippen LogP contribution is 2.18. The molecule has 0 spiro atoms. The first-order chi connectivity index (χ1) is 9.63. The van der Waals surface area contributed by atoms with Crippen LogP contribution in [0.15, 0.2) is 18.2 Å². The van der Waals surface area contributed by atoms with Crippen LogP contribution in [-0.2, 0) is 0 Å². The third kappa shape index (κ3) is 4.53. The van der Waals surface area contributed by atoms with Gasteiger partial charge in [-0.1, -0.05) is 30.4 Å². The van der Waals surface area contributed by atoms with Gasteiger partial charge in [-0.3, -0.25) is 4.79 Å². The lowest BCUT2D eigenvalue weighted by atomic mass is 10.1. The van der Waals surface area contributed by atoms with Crippen LogP contribution < -0.4 is 5.73 Å². The molecule has 1 aromatic rings. The van der Waals surface area contributed by atoms with Crippen molar-refractivity contribution in [2.45, 2.75) is 13.3 Å². The van der Waals surface area contributed by atoms with Crippen LogP contribution in [0.3, 0.4) is 0 Å². The Hall–Kier alpha value is -1.54. The summed E-state index contributed by atoms with van der Waals surface area (Å²) >= 11 is 6.10. The monoisotopic (exact) mass is 294 g/mol. The van der Waals surface area contributed by atoms with Gasteiger partial charge in [-0.2, -0.15) is 0 Å². The van der Waals surface area contributed by atoms with E-state index in [0.29, 0.717) is 29.2 Å². The molecule has 0 atom stereocenters. The average molecular weight is 295 g/mol. The van der Waals surface area contributed by atoms with Crippen LogP contribution in [0.5, 0.6) is 0 Å². The number of carbonyl (C=O) groups excluding carboxylic acids is 1. The Kier molecular flexibility index (Phi) is 7.10. The van der Waals surface area contributed by atoms with Crippen molar-refractivity contribution in [3.63, 3.8) is 0 Å². The number of rotatable bonds is 5. The van der Waals surface area contributed by atoms with E-state index in [2.05, 4.69) is 11.8 Å². The molecule has 20 heavy (non-hydrogen) atoms. The molecule has 0 radical (unpaired) electrons. The highest BCUT2D eigenvalue weighted by Gasteiger charge is 2.15. The van der Waals surface area contributed by atoms with Gasteiger partial charge in [0.2, 0.25) is 0 Å². The summed E-state index contributed by atoms with van der Waals surface area (Å²) in [6.45, 7) is 3.11. The van der Waals surface area contributed by atoms with Gasteiger partial charge in [-0.25, -0.2) is 0 Å². The van der Waals surface area contributed by atoms with Gasteiger partial charge in [0, 0.05) is 24.2 Å². The van der Waals surface area contributed by atoms with Crippen LogP contribution in [0.25, 0.3) is 0 Å². The van der Waals surface area contributed by atoms with Crippen LogP contribution in [-0.4, -0.2) is 42.2 Å². The molecule has 0 aliphatic carbocycles. The minimum absolute atomic E-state index is 0.0560. The molecule has 0 saturated carbocycles. The van der Waals surface area contributed by atoms with Gasteiger partial charge in [0.05, 0.1) is 18.2 Å². The molecule has 0 aliphatic heterocycles. The van der Waals surface area contributed by atoms with Gasteiger partial charge >= 0.3 is 0 Å². The highest BCUT2D eigenvalue weighted by atomic mass is 35.5. The van der Waals surface area contributed by atoms with Gasteiger partial charge in [0.25, 0.3) is 5.91 Å². The van der Waals surface area contributed by atoms with E-state index in [1.807, 2.05) is 6.92 Å². The summed E-state index contributed by atoms with van der Waals surface area (Å²) in [6, 6.07) is 5.00. The molecule has 0 bridgehead atoms. The molecule has 1 aromatic carbocycles. The number of aliphatic hydroxyl groups is 1. The SMILES string of the molecule is CCCN(CCO)C(=O)c1ccc(C#CCN)c(Cl)c1. The standard InChI is InChI=1S/C15H19ClN2O2/c1-2-8-18(9-10-19)15(20)13-6-5-12(4-3-7-17)14(16)11-13/h5-6,11,19H,2,7-10,17H2,1H3. The Bertz CT molecular complexity index is 514. The van der Waals surface area contributed by atoms with Crippen LogP contribution in [0.1, 0.15) is 29.3 Å². The zero-order valence-electron chi connectivity index (χ0n) is 11.5. The Morgan fingerprint density at radius 1 is 1.45 bits per heavy atom. The van der Waals surface area contributed by atoms with Crippen molar-refractivity contribution in [2.24, 2.45) is 5.73 Å². The molecule has 108 valence electrons. The van der Waals surface area contributed by atoms with Crippen LogP contribution in [0.2, 0.25) is 5.02 Å². The van der Waals surface area contributed by atoms with E-state index >= 15 is 0 Å². The van der Waals surface area contributed by atoms with E-state index in [-0.39, 0.29) is 19.1 Å². The topological polar surface area (TPSA) is 66.6 Å². The Balaban J connectivity index is 2.95. The Morgan fingerprint density at radius 3 is 2.75 bits per heavy atom. The summed E-state index contributed by atoms with van der Waals surface area (Å²) in [6.07, 6.45) is 0.833. The van der Waals surface area contributed by atoms with Crippen LogP contribution >= 0.6 is 11.6 Å². The van der Waals surface area contributed by atoms with Crippen LogP contribution in [0, 0.1) is 11.8 Å². The third-order valence-corrected chi connectivity index (χ3v) is 3.00. The maximum atomic E-state index is 12.3. The molecule has 0 aliphatic rings. The largest absolute Gasteiger partial charge is 0.395 e. The fraction of sp³-hybridized carbons (Fsp3) is 0.400. The maximum Gasteiger partial charge on any atom is 0.253 e. The quantitative estimate of drug-likeness (QED) is 0.809. The molecule has 0 unspecified atom stereocenters. The number of benzene rings is 1. The van der Waals surface area contributed by atoms with Gasteiger partial charge in [0.1, 0.15) is 0 Å². The zero-order chi connectivity index (χ0) is 15.0. The zero-order valence-corrected chi connectivity index (χ0v) is 12.3. The number of halogens is 1. The van der Waals surface area contributed by atoms with Gasteiger partial charge < -0.3 is 15.7 Å². The number of amides is 1. The number of nitrogens with zero attached hydrogens (tertiary/aromatic N) is 1. The van der Waals surface area contributed by atoms with Crippen molar-refractivity contribution < 1.29 is 9.90 Å². The van der Waals surface area contributed by atoms with Crippen molar-refractivity contribution in [3.8, 4) is 11.8 Å². The average Bonchev–Trinajstić information content (AvgIpc) is 2.45. The van der Waals surface area contributed by atoms with E-state index in [0.717, 1.165) is 6.42 Å². The van der Waals surface area contributed by atoms with Crippen molar-refractivity contribution in [1.82, 2.24) is 4.90 Å². The smallest absolute Gasteiger partial charge is 0.253 e. The van der Waals surface area contributed by atoms with E-state index < -0.39 is 0 Å². The minimum atomic E-state index is -0.138. The van der Waals surface area contributed by atoms with Gasteiger partial charge in [0.15, 0.2) is 0 Å². The number of hydrogen-bond donors (Lipinski definition) is 2. The van der Waals surface area contributed by atoms with Gasteiger partial charge in [-0.05, 0) is 24.6 Å². The number of hydrogen-bond acceptors (Lipinski definition) is 3. The molecule has 4 nitrogen and oxygen atoms in total. The van der Waals surface area contributed by atoms with E-state index in [4.69, 9.17) is 22.4 Å². The van der Waals surface area contributed by atoms with E-state index in [1.54, 1.807) is 23.1 Å². The number of nitrogens with two attached hydrogens (primary N) is 1. The van der Waals surface area contributed by atoms with Crippen molar-refractivity contribution >= 4 is 17.5 Å². The first kappa shape index (κ1) is 16.5. The first-order valence-electron chi connectivity index (χ1n) is 6.52. The summed E-state index contributed by atoms with van der Waals surface area (Å²) in [5.41, 5.74) is 6.46. The predicted octanol–water partition coefficient (Wildman–Crippen LogP) is 1.49. The van der Waals surface area contributed by atoms with Crippen molar-refractivity contribution in [3.05, 3.63) is 34.3 Å². The second kappa shape index (κ2) is 8.60. The highest BCUT2D eigenvalue weighted by molar-refractivity contribution is 6.32. The van der Waals surface area contributed by atoms with Crippen molar-refractivity contribution in [2.75, 3.05) is 26.2 Å². The third-order valence-electron chi connectivity index (χ3n) is 2.69. The summed E-state index contributed by atoms with van der Waals surface area (Å²) < 4.78 is 0. The number of aliphatic hydroxyl groups excluding tert-OH is 1. The molecule has 0 heterocycles. The second-order valence-electron chi connectivity index (χ2n) is 4.22. The molecule has 3 N–H and O–H groups in total. The lowest BCUT2D eigenvalue weighted by Gasteiger charge is -2.21. The summed E-state index contributed by atoms with van der Waals surface area (Å²) in [5.74, 6) is 5.43. The molecule has 0 saturated heterocycles. The van der Waals surface area contributed by atoms with E-state index in [1.165, 1.54) is 0 Å². The van der Waals surface area contributed by atoms with E-state index in [9.17, 15) is 4.79 Å². The summed E-state index contributed by atoms with van der Waals surface area (Å²) in [5, 5.41) is 9.43. The first-order valence-corrected chi connectivity index (χ1v) is 6.90. The fourth-order valence-electron chi connectivity index (χ4n) is 1.78. The summed E-state index contributed by atoms with van der Waals surface area (Å²) in [4.78, 5) is 13.9. The Labute approximate surface area is 124 Å². The Morgan fingerprint density at radius 2 is 2.20 bits per heavy atom. The van der Waals surface area contributed by atoms with Gasteiger partial charge in [-0.15, -0.1) is 0 Å². The molecular weight excluding hydrogens is 276 g/mol. The minimum Gasteiger partial charge on any atom is -0.395 e. The molecule has 1 rings (SSSR count). The molecule has 0 aromatic heterocycles. The molecule has 1 amide bonds. The molecule has 5 heteroatoms. The lowest BCUT2D eigenvalue weighted by Crippen LogP contribution is -2.34. The van der Waals surface area contributed by atoms with Crippen LogP contribution in [0.4, 0.5) is 0 Å².